The fraction of sp³-hybridized carbons (Fsp3) is 0.158. The van der Waals surface area contributed by atoms with Crippen LogP contribution < -0.4 is 10.2 Å². The van der Waals surface area contributed by atoms with E-state index in [0.717, 1.165) is 15.9 Å². The van der Waals surface area contributed by atoms with Gasteiger partial charge in [-0.3, -0.25) is 0 Å². The van der Waals surface area contributed by atoms with E-state index < -0.39 is 6.01 Å². The summed E-state index contributed by atoms with van der Waals surface area (Å²) in [5.74, 6) is 0.174. The highest BCUT2D eigenvalue weighted by molar-refractivity contribution is 7.16. The molecular formula is C19H17FN6OS. The van der Waals surface area contributed by atoms with E-state index in [2.05, 4.69) is 25.3 Å². The molecule has 28 heavy (non-hydrogen) atoms. The monoisotopic (exact) mass is 396 g/mol. The number of aromatic nitrogens is 4. The van der Waals surface area contributed by atoms with Crippen LogP contribution in [0.5, 0.6) is 6.01 Å². The zero-order valence-electron chi connectivity index (χ0n) is 15.0. The summed E-state index contributed by atoms with van der Waals surface area (Å²) in [4.78, 5) is 18.4. The number of nitrogens with zero attached hydrogens (tertiary/aromatic N) is 5. The molecule has 2 aromatic carbocycles. The van der Waals surface area contributed by atoms with Crippen molar-refractivity contribution < 1.29 is 9.50 Å². The second-order valence-corrected chi connectivity index (χ2v) is 6.91. The van der Waals surface area contributed by atoms with Crippen molar-refractivity contribution >= 4 is 39.1 Å². The molecule has 2 aromatic heterocycles. The molecule has 0 saturated carbocycles. The van der Waals surface area contributed by atoms with E-state index in [1.165, 1.54) is 17.4 Å². The van der Waals surface area contributed by atoms with Crippen LogP contribution in [0.1, 0.15) is 12.5 Å². The van der Waals surface area contributed by atoms with E-state index in [-0.39, 0.29) is 24.3 Å². The Hall–Kier alpha value is -3.33. The van der Waals surface area contributed by atoms with Crippen molar-refractivity contribution in [1.82, 2.24) is 19.9 Å². The molecule has 0 bridgehead atoms. The molecule has 7 nitrogen and oxygen atoms in total. The molecule has 2 heterocycles. The van der Waals surface area contributed by atoms with Gasteiger partial charge in [-0.25, -0.2) is 9.37 Å². The summed E-state index contributed by atoms with van der Waals surface area (Å²) in [7, 11) is 0. The highest BCUT2D eigenvalue weighted by atomic mass is 32.1. The lowest BCUT2D eigenvalue weighted by Gasteiger charge is -2.21. The molecule has 142 valence electrons. The quantitative estimate of drug-likeness (QED) is 0.507. The van der Waals surface area contributed by atoms with Crippen molar-refractivity contribution in [2.75, 3.05) is 16.8 Å². The van der Waals surface area contributed by atoms with E-state index in [0.29, 0.717) is 12.1 Å². The molecule has 0 unspecified atom stereocenters. The lowest BCUT2D eigenvalue weighted by atomic mass is 10.2. The van der Waals surface area contributed by atoms with E-state index >= 15 is 0 Å². The zero-order chi connectivity index (χ0) is 19.5. The Bertz CT molecular complexity index is 1120. The second kappa shape index (κ2) is 7.73. The molecule has 0 fully saturated rings. The minimum atomic E-state index is -0.404. The molecule has 0 spiro atoms. The number of hydrogen-bond donors (Lipinski definition) is 2. The van der Waals surface area contributed by atoms with Gasteiger partial charge in [0.05, 0.1) is 15.7 Å². The lowest BCUT2D eigenvalue weighted by Crippen LogP contribution is -2.25. The van der Waals surface area contributed by atoms with Gasteiger partial charge in [0.1, 0.15) is 5.82 Å². The van der Waals surface area contributed by atoms with Crippen molar-refractivity contribution in [2.24, 2.45) is 0 Å². The predicted octanol–water partition coefficient (Wildman–Crippen LogP) is 4.10. The van der Waals surface area contributed by atoms with Crippen LogP contribution in [0.3, 0.4) is 0 Å². The fourth-order valence-electron chi connectivity index (χ4n) is 2.77. The van der Waals surface area contributed by atoms with Gasteiger partial charge in [-0.1, -0.05) is 18.2 Å². The number of fused-ring (bicyclic) bond motifs is 1. The van der Waals surface area contributed by atoms with Crippen molar-refractivity contribution in [3.05, 3.63) is 59.4 Å². The maximum atomic E-state index is 14.0. The Labute approximate surface area is 164 Å². The van der Waals surface area contributed by atoms with Crippen LogP contribution in [0.2, 0.25) is 0 Å². The van der Waals surface area contributed by atoms with Gasteiger partial charge in [-0.05, 0) is 31.2 Å². The number of thiazole rings is 1. The molecule has 2 N–H and O–H groups in total. The molecule has 0 aliphatic rings. The molecular weight excluding hydrogens is 379 g/mol. The van der Waals surface area contributed by atoms with Crippen molar-refractivity contribution in [2.45, 2.75) is 13.5 Å². The molecule has 0 aliphatic heterocycles. The summed E-state index contributed by atoms with van der Waals surface area (Å²) in [6.45, 7) is 2.72. The normalized spacial score (nSPS) is 10.9. The maximum absolute atomic E-state index is 14.0. The summed E-state index contributed by atoms with van der Waals surface area (Å²) < 4.78 is 15.0. The third-order valence-corrected chi connectivity index (χ3v) is 4.97. The standard InChI is InChI=1S/C19H17FN6OS/c1-2-26(10-12-5-3-4-6-14(12)20)18-23-17(24-19(27)25-18)22-13-7-8-15-16(9-13)28-11-21-15/h3-9,11H,2,10H2,1H3,(H2,22,23,24,25,27). The van der Waals surface area contributed by atoms with E-state index in [1.807, 2.05) is 25.1 Å². The summed E-state index contributed by atoms with van der Waals surface area (Å²) in [5.41, 5.74) is 3.99. The van der Waals surface area contributed by atoms with Crippen LogP contribution in [0.4, 0.5) is 22.0 Å². The first-order chi connectivity index (χ1) is 13.6. The molecule has 0 amide bonds. The third kappa shape index (κ3) is 3.84. The fourth-order valence-corrected chi connectivity index (χ4v) is 3.49. The van der Waals surface area contributed by atoms with Crippen LogP contribution in [-0.4, -0.2) is 31.6 Å². The molecule has 9 heteroatoms. The SMILES string of the molecule is CCN(Cc1ccccc1F)c1nc(O)nc(Nc2ccc3ncsc3c2)n1. The molecule has 0 atom stereocenters. The minimum Gasteiger partial charge on any atom is -0.479 e. The van der Waals surface area contributed by atoms with Gasteiger partial charge in [-0.2, -0.15) is 15.0 Å². The van der Waals surface area contributed by atoms with E-state index in [1.54, 1.807) is 28.6 Å². The van der Waals surface area contributed by atoms with Crippen LogP contribution in [0.15, 0.2) is 48.0 Å². The van der Waals surface area contributed by atoms with Gasteiger partial charge < -0.3 is 15.3 Å². The van der Waals surface area contributed by atoms with Gasteiger partial charge in [0.25, 0.3) is 0 Å². The van der Waals surface area contributed by atoms with Gasteiger partial charge in [0, 0.05) is 24.3 Å². The highest BCUT2D eigenvalue weighted by Gasteiger charge is 2.14. The smallest absolute Gasteiger partial charge is 0.320 e. The van der Waals surface area contributed by atoms with Crippen molar-refractivity contribution in [1.29, 1.82) is 0 Å². The number of nitrogens with one attached hydrogen (secondary N) is 1. The lowest BCUT2D eigenvalue weighted by molar-refractivity contribution is 0.428. The Balaban J connectivity index is 1.60. The summed E-state index contributed by atoms with van der Waals surface area (Å²) in [5, 5.41) is 13.0. The first-order valence-electron chi connectivity index (χ1n) is 8.66. The van der Waals surface area contributed by atoms with E-state index in [9.17, 15) is 9.50 Å². The Morgan fingerprint density at radius 1 is 1.14 bits per heavy atom. The van der Waals surface area contributed by atoms with E-state index in [4.69, 9.17) is 0 Å². The topological polar surface area (TPSA) is 87.1 Å². The first kappa shape index (κ1) is 18.1. The number of anilines is 3. The molecule has 4 aromatic rings. The number of hydrogen-bond acceptors (Lipinski definition) is 8. The molecule has 0 saturated heterocycles. The number of aromatic hydroxyl groups is 1. The maximum Gasteiger partial charge on any atom is 0.320 e. The van der Waals surface area contributed by atoms with Crippen molar-refractivity contribution in [3.8, 4) is 6.01 Å². The minimum absolute atomic E-state index is 0.207. The third-order valence-electron chi connectivity index (χ3n) is 4.18. The first-order valence-corrected chi connectivity index (χ1v) is 9.54. The van der Waals surface area contributed by atoms with Crippen LogP contribution in [0, 0.1) is 5.82 Å². The summed E-state index contributed by atoms with van der Waals surface area (Å²) in [6, 6.07) is 11.8. The van der Waals surface area contributed by atoms with Crippen LogP contribution in [0.25, 0.3) is 10.2 Å². The number of halogens is 1. The molecule has 0 aliphatic carbocycles. The van der Waals surface area contributed by atoms with Crippen LogP contribution >= 0.6 is 11.3 Å². The number of benzene rings is 2. The average molecular weight is 396 g/mol. The van der Waals surface area contributed by atoms with Gasteiger partial charge in [-0.15, -0.1) is 11.3 Å². The summed E-state index contributed by atoms with van der Waals surface area (Å²) in [6.07, 6.45) is 0. The Morgan fingerprint density at radius 2 is 2.00 bits per heavy atom. The highest BCUT2D eigenvalue weighted by Crippen LogP contribution is 2.25. The largest absolute Gasteiger partial charge is 0.479 e. The van der Waals surface area contributed by atoms with Gasteiger partial charge in [0.2, 0.25) is 11.9 Å². The van der Waals surface area contributed by atoms with Crippen LogP contribution in [-0.2, 0) is 6.54 Å². The second-order valence-electron chi connectivity index (χ2n) is 6.02. The average Bonchev–Trinajstić information content (AvgIpc) is 3.15. The predicted molar refractivity (Wildman–Crippen MR) is 108 cm³/mol. The zero-order valence-corrected chi connectivity index (χ0v) is 15.8. The van der Waals surface area contributed by atoms with Gasteiger partial charge in [0.15, 0.2) is 0 Å². The Kier molecular flexibility index (Phi) is 4.98. The number of rotatable bonds is 6. The molecule has 4 rings (SSSR count). The summed E-state index contributed by atoms with van der Waals surface area (Å²) >= 11 is 1.53. The van der Waals surface area contributed by atoms with Gasteiger partial charge >= 0.3 is 6.01 Å². The molecule has 0 radical (unpaired) electrons. The Morgan fingerprint density at radius 3 is 2.82 bits per heavy atom. The van der Waals surface area contributed by atoms with Crippen molar-refractivity contribution in [3.63, 3.8) is 0 Å².